The van der Waals surface area contributed by atoms with Crippen LogP contribution < -0.4 is 5.73 Å². The van der Waals surface area contributed by atoms with Gasteiger partial charge in [0.1, 0.15) is 0 Å². The lowest BCUT2D eigenvalue weighted by Gasteiger charge is -2.08. The lowest BCUT2D eigenvalue weighted by Crippen LogP contribution is -2.25. The second-order valence-corrected chi connectivity index (χ2v) is 4.56. The highest BCUT2D eigenvalue weighted by Crippen LogP contribution is 2.08. The summed E-state index contributed by atoms with van der Waals surface area (Å²) in [7, 11) is 0. The average molecular weight is 311 g/mol. The summed E-state index contributed by atoms with van der Waals surface area (Å²) in [5, 5.41) is 19.0. The minimum absolute atomic E-state index is 0.132. The quantitative estimate of drug-likeness (QED) is 0.199. The smallest absolute Gasteiger partial charge is 0.349 e. The summed E-state index contributed by atoms with van der Waals surface area (Å²) in [6, 6.07) is 3.71. The van der Waals surface area contributed by atoms with Crippen molar-refractivity contribution in [3.05, 3.63) is 33.9 Å². The summed E-state index contributed by atoms with van der Waals surface area (Å²) in [6.07, 6.45) is 1.48. The van der Waals surface area contributed by atoms with Crippen LogP contribution in [-0.4, -0.2) is 36.3 Å². The second kappa shape index (κ2) is 8.75. The third kappa shape index (κ3) is 5.27. The largest absolute Gasteiger partial charge is 0.480 e. The Kier molecular flexibility index (Phi) is 6.96. The van der Waals surface area contributed by atoms with Crippen LogP contribution >= 0.6 is 11.3 Å². The zero-order valence-corrected chi connectivity index (χ0v) is 12.6. The monoisotopic (exact) mass is 311 g/mol. The van der Waals surface area contributed by atoms with Gasteiger partial charge in [-0.2, -0.15) is 5.10 Å². The molecule has 0 atom stereocenters. The van der Waals surface area contributed by atoms with Crippen LogP contribution in [0.3, 0.4) is 0 Å². The van der Waals surface area contributed by atoms with Gasteiger partial charge in [0.2, 0.25) is 0 Å². The Hall–Kier alpha value is -2.35. The standard InChI is InChI=1S/C13H17N3O4S/c1-3-19-12(17)10(13(18)20-4-2)11(14)16-15-8-9-6-5-7-21-9/h5-8,17H,3-4H2,1-2H3,(H2,14,16)/b12-10?,15-8-. The first-order chi connectivity index (χ1) is 10.1. The lowest BCUT2D eigenvalue weighted by atomic mass is 10.2. The predicted octanol–water partition coefficient (Wildman–Crippen LogP) is 1.81. The van der Waals surface area contributed by atoms with Gasteiger partial charge in [-0.15, -0.1) is 16.4 Å². The summed E-state index contributed by atoms with van der Waals surface area (Å²) in [4.78, 5) is 12.6. The molecule has 3 N–H and O–H groups in total. The Morgan fingerprint density at radius 2 is 2.14 bits per heavy atom. The van der Waals surface area contributed by atoms with E-state index in [0.717, 1.165) is 4.88 Å². The minimum atomic E-state index is -0.823. The molecule has 0 bridgehead atoms. The molecule has 1 heterocycles. The van der Waals surface area contributed by atoms with Crippen molar-refractivity contribution in [2.45, 2.75) is 13.8 Å². The minimum Gasteiger partial charge on any atom is -0.480 e. The number of esters is 1. The van der Waals surface area contributed by atoms with Crippen LogP contribution in [0.4, 0.5) is 0 Å². The van der Waals surface area contributed by atoms with E-state index in [1.807, 2.05) is 17.5 Å². The first-order valence-electron chi connectivity index (χ1n) is 6.23. The van der Waals surface area contributed by atoms with Gasteiger partial charge >= 0.3 is 5.97 Å². The number of hydrogen-bond donors (Lipinski definition) is 2. The van der Waals surface area contributed by atoms with E-state index in [9.17, 15) is 9.90 Å². The molecule has 0 radical (unpaired) electrons. The molecule has 1 aromatic heterocycles. The number of rotatable bonds is 7. The molecular formula is C13H17N3O4S. The SMILES string of the molecule is CCOC(=O)C(C(N)=N/N=C\c1cccs1)=C(O)OCC. The predicted molar refractivity (Wildman–Crippen MR) is 81.4 cm³/mol. The zero-order valence-electron chi connectivity index (χ0n) is 11.8. The van der Waals surface area contributed by atoms with E-state index in [1.54, 1.807) is 13.8 Å². The van der Waals surface area contributed by atoms with Crippen LogP contribution in [0.2, 0.25) is 0 Å². The molecule has 114 valence electrons. The van der Waals surface area contributed by atoms with Crippen LogP contribution in [-0.2, 0) is 14.3 Å². The van der Waals surface area contributed by atoms with Crippen molar-refractivity contribution in [3.63, 3.8) is 0 Å². The molecule has 0 aliphatic heterocycles. The van der Waals surface area contributed by atoms with Gasteiger partial charge in [-0.25, -0.2) is 4.79 Å². The van der Waals surface area contributed by atoms with Crippen molar-refractivity contribution in [1.82, 2.24) is 0 Å². The number of thiophene rings is 1. The summed E-state index contributed by atoms with van der Waals surface area (Å²) in [5.41, 5.74) is 5.32. The topological polar surface area (TPSA) is 107 Å². The van der Waals surface area contributed by atoms with Crippen LogP contribution in [0.1, 0.15) is 18.7 Å². The van der Waals surface area contributed by atoms with Crippen LogP contribution in [0.25, 0.3) is 0 Å². The molecule has 0 aromatic carbocycles. The molecule has 0 amide bonds. The maximum atomic E-state index is 11.8. The summed E-state index contributed by atoms with van der Waals surface area (Å²) >= 11 is 1.47. The van der Waals surface area contributed by atoms with Gasteiger partial charge in [0.05, 0.1) is 19.4 Å². The Balaban J connectivity index is 2.96. The molecule has 7 nitrogen and oxygen atoms in total. The molecule has 0 fully saturated rings. The molecule has 1 aromatic rings. The number of amidine groups is 1. The molecule has 0 spiro atoms. The highest BCUT2D eigenvalue weighted by atomic mass is 32.1. The van der Waals surface area contributed by atoms with Crippen molar-refractivity contribution in [3.8, 4) is 0 Å². The Morgan fingerprint density at radius 3 is 2.71 bits per heavy atom. The number of carbonyl (C=O) groups is 1. The van der Waals surface area contributed by atoms with E-state index >= 15 is 0 Å². The fraction of sp³-hybridized carbons (Fsp3) is 0.308. The number of aliphatic hydroxyl groups excluding tert-OH is 1. The number of ether oxygens (including phenoxy) is 2. The summed E-state index contributed by atoms with van der Waals surface area (Å²) in [5.74, 6) is -1.74. The van der Waals surface area contributed by atoms with Gasteiger partial charge < -0.3 is 20.3 Å². The van der Waals surface area contributed by atoms with Crippen molar-refractivity contribution >= 4 is 29.4 Å². The van der Waals surface area contributed by atoms with E-state index in [0.29, 0.717) is 0 Å². The van der Waals surface area contributed by atoms with Crippen molar-refractivity contribution in [1.29, 1.82) is 0 Å². The van der Waals surface area contributed by atoms with Crippen LogP contribution in [0, 0.1) is 0 Å². The number of hydrogen-bond acceptors (Lipinski definition) is 7. The van der Waals surface area contributed by atoms with Gasteiger partial charge in [0.15, 0.2) is 11.4 Å². The molecule has 0 saturated heterocycles. The fourth-order valence-corrected chi connectivity index (χ4v) is 1.86. The fourth-order valence-electron chi connectivity index (χ4n) is 1.28. The van der Waals surface area contributed by atoms with Crippen LogP contribution in [0.15, 0.2) is 39.2 Å². The highest BCUT2D eigenvalue weighted by Gasteiger charge is 2.22. The maximum Gasteiger partial charge on any atom is 0.349 e. The molecule has 0 saturated carbocycles. The second-order valence-electron chi connectivity index (χ2n) is 3.58. The Bertz CT molecular complexity index is 550. The van der Waals surface area contributed by atoms with Gasteiger partial charge in [0, 0.05) is 4.88 Å². The molecule has 8 heteroatoms. The number of nitrogens with two attached hydrogens (primary N) is 1. The van der Waals surface area contributed by atoms with Gasteiger partial charge in [-0.1, -0.05) is 6.07 Å². The van der Waals surface area contributed by atoms with E-state index in [-0.39, 0.29) is 24.6 Å². The zero-order chi connectivity index (χ0) is 15.7. The number of carbonyl (C=O) groups excluding carboxylic acids is 1. The van der Waals surface area contributed by atoms with Gasteiger partial charge in [0.25, 0.3) is 5.95 Å². The molecule has 21 heavy (non-hydrogen) atoms. The van der Waals surface area contributed by atoms with Crippen LogP contribution in [0.5, 0.6) is 0 Å². The van der Waals surface area contributed by atoms with E-state index < -0.39 is 11.9 Å². The molecule has 0 unspecified atom stereocenters. The van der Waals surface area contributed by atoms with E-state index in [4.69, 9.17) is 15.2 Å². The van der Waals surface area contributed by atoms with E-state index in [1.165, 1.54) is 17.6 Å². The third-order valence-electron chi connectivity index (χ3n) is 2.12. The molecule has 1 rings (SSSR count). The molecular weight excluding hydrogens is 294 g/mol. The first kappa shape index (κ1) is 16.7. The summed E-state index contributed by atoms with van der Waals surface area (Å²) in [6.45, 7) is 3.59. The van der Waals surface area contributed by atoms with Gasteiger partial charge in [-0.05, 0) is 25.3 Å². The molecule has 0 aliphatic carbocycles. The Morgan fingerprint density at radius 1 is 1.43 bits per heavy atom. The molecule has 0 aliphatic rings. The van der Waals surface area contributed by atoms with Crippen molar-refractivity contribution in [2.24, 2.45) is 15.9 Å². The highest BCUT2D eigenvalue weighted by molar-refractivity contribution is 7.11. The van der Waals surface area contributed by atoms with E-state index in [2.05, 4.69) is 10.2 Å². The van der Waals surface area contributed by atoms with Gasteiger partial charge in [-0.3, -0.25) is 0 Å². The number of nitrogens with zero attached hydrogens (tertiary/aromatic N) is 2. The Labute approximate surface area is 126 Å². The van der Waals surface area contributed by atoms with Crippen molar-refractivity contribution in [2.75, 3.05) is 13.2 Å². The third-order valence-corrected chi connectivity index (χ3v) is 2.93. The normalized spacial score (nSPS) is 13.1. The maximum absolute atomic E-state index is 11.8. The lowest BCUT2D eigenvalue weighted by molar-refractivity contribution is -0.138. The average Bonchev–Trinajstić information content (AvgIpc) is 2.92. The summed E-state index contributed by atoms with van der Waals surface area (Å²) < 4.78 is 9.67. The number of aliphatic hydroxyl groups is 1. The van der Waals surface area contributed by atoms with Crippen molar-refractivity contribution < 1.29 is 19.4 Å². The first-order valence-corrected chi connectivity index (χ1v) is 7.11.